The van der Waals surface area contributed by atoms with Crippen LogP contribution in [0.1, 0.15) is 10.4 Å². The molecule has 1 fully saturated rings. The molecule has 0 bridgehead atoms. The van der Waals surface area contributed by atoms with Gasteiger partial charge >= 0.3 is 6.61 Å². The van der Waals surface area contributed by atoms with Gasteiger partial charge in [0.1, 0.15) is 11.9 Å². The summed E-state index contributed by atoms with van der Waals surface area (Å²) >= 11 is 0. The van der Waals surface area contributed by atoms with Gasteiger partial charge in [-0.05, 0) is 36.4 Å². The van der Waals surface area contributed by atoms with E-state index in [2.05, 4.69) is 4.74 Å². The zero-order valence-electron chi connectivity index (χ0n) is 17.2. The number of piperazine rings is 1. The molecule has 4 rings (SSSR count). The van der Waals surface area contributed by atoms with E-state index in [1.165, 1.54) is 24.3 Å². The number of hydrogen-bond acceptors (Lipinski definition) is 6. The highest BCUT2D eigenvalue weighted by Gasteiger charge is 2.34. The number of Topliss-reactive ketones (excluding diaryl/α,β-unsaturated/α-hetero) is 1. The monoisotopic (exact) mass is 430 g/mol. The first-order chi connectivity index (χ1) is 14.9. The number of amides is 1. The largest absolute Gasteiger partial charge is 0.435 e. The molecule has 31 heavy (non-hydrogen) atoms. The Balaban J connectivity index is 1.30. The third kappa shape index (κ3) is 4.61. The minimum atomic E-state index is -2.89. The SMILES string of the molecule is CN1C=CN2C=CC=C(C(=O)N3CCN(CC(=O)c4ccc(OC(F)F)cc4)CC3)C12. The molecule has 1 atom stereocenters. The maximum atomic E-state index is 13.1. The first-order valence-electron chi connectivity index (χ1n) is 10.1. The van der Waals surface area contributed by atoms with Crippen molar-refractivity contribution < 1.29 is 23.1 Å². The number of benzene rings is 1. The summed E-state index contributed by atoms with van der Waals surface area (Å²) in [5.41, 5.74) is 1.17. The van der Waals surface area contributed by atoms with Gasteiger partial charge < -0.3 is 19.4 Å². The minimum Gasteiger partial charge on any atom is -0.435 e. The van der Waals surface area contributed by atoms with Crippen LogP contribution in [-0.2, 0) is 4.79 Å². The summed E-state index contributed by atoms with van der Waals surface area (Å²) in [6.07, 6.45) is 9.45. The first-order valence-corrected chi connectivity index (χ1v) is 10.1. The number of likely N-dealkylation sites (N-methyl/N-ethyl adjacent to an activating group) is 1. The molecule has 3 heterocycles. The highest BCUT2D eigenvalue weighted by Crippen LogP contribution is 2.26. The van der Waals surface area contributed by atoms with Crippen molar-refractivity contribution in [3.8, 4) is 5.75 Å². The number of carbonyl (C=O) groups excluding carboxylic acids is 2. The lowest BCUT2D eigenvalue weighted by Gasteiger charge is -2.38. The number of halogens is 2. The predicted molar refractivity (Wildman–Crippen MR) is 110 cm³/mol. The number of allylic oxidation sites excluding steroid dienone is 2. The Morgan fingerprint density at radius 2 is 1.77 bits per heavy atom. The Hall–Kier alpha value is -3.20. The van der Waals surface area contributed by atoms with E-state index in [0.29, 0.717) is 31.7 Å². The van der Waals surface area contributed by atoms with Crippen molar-refractivity contribution in [3.05, 3.63) is 66.2 Å². The first kappa shape index (κ1) is 21.0. The molecule has 3 aliphatic rings. The van der Waals surface area contributed by atoms with Crippen LogP contribution < -0.4 is 4.74 Å². The Kier molecular flexibility index (Phi) is 6.03. The molecular formula is C22H24F2N4O3. The molecule has 1 unspecified atom stereocenters. The van der Waals surface area contributed by atoms with Gasteiger partial charge in [-0.25, -0.2) is 0 Å². The van der Waals surface area contributed by atoms with Gasteiger partial charge in [-0.3, -0.25) is 14.5 Å². The zero-order valence-corrected chi connectivity index (χ0v) is 17.2. The highest BCUT2D eigenvalue weighted by molar-refractivity contribution is 5.98. The van der Waals surface area contributed by atoms with E-state index in [9.17, 15) is 18.4 Å². The van der Waals surface area contributed by atoms with Gasteiger partial charge in [0, 0.05) is 57.4 Å². The molecule has 9 heteroatoms. The molecule has 0 radical (unpaired) electrons. The van der Waals surface area contributed by atoms with Crippen LogP contribution in [0.5, 0.6) is 5.75 Å². The van der Waals surface area contributed by atoms with E-state index in [1.54, 1.807) is 0 Å². The Morgan fingerprint density at radius 3 is 2.45 bits per heavy atom. The van der Waals surface area contributed by atoms with Gasteiger partial charge in [-0.15, -0.1) is 0 Å². The smallest absolute Gasteiger partial charge is 0.387 e. The maximum absolute atomic E-state index is 13.1. The van der Waals surface area contributed by atoms with Crippen molar-refractivity contribution in [1.82, 2.24) is 19.6 Å². The van der Waals surface area contributed by atoms with Crippen LogP contribution in [0, 0.1) is 0 Å². The van der Waals surface area contributed by atoms with Crippen LogP contribution >= 0.6 is 0 Å². The van der Waals surface area contributed by atoms with Crippen molar-refractivity contribution in [3.63, 3.8) is 0 Å². The fourth-order valence-electron chi connectivity index (χ4n) is 3.99. The normalized spacial score (nSPS) is 20.8. The van der Waals surface area contributed by atoms with E-state index in [-0.39, 0.29) is 30.2 Å². The van der Waals surface area contributed by atoms with Gasteiger partial charge in [-0.1, -0.05) is 0 Å². The number of carbonyl (C=O) groups is 2. The Morgan fingerprint density at radius 1 is 1.06 bits per heavy atom. The highest BCUT2D eigenvalue weighted by atomic mass is 19.3. The summed E-state index contributed by atoms with van der Waals surface area (Å²) in [6, 6.07) is 5.70. The van der Waals surface area contributed by atoms with E-state index in [4.69, 9.17) is 0 Å². The molecule has 0 saturated carbocycles. The molecule has 1 amide bonds. The molecule has 164 valence electrons. The second kappa shape index (κ2) is 8.89. The standard InChI is InChI=1S/C22H24F2N4O3/c1-25-9-12-27-8-2-3-18(20(25)27)21(30)28-13-10-26(11-14-28)15-19(29)16-4-6-17(7-5-16)31-22(23)24/h2-9,12,20,22H,10-11,13-15H2,1H3. The average Bonchev–Trinajstić information content (AvgIpc) is 3.15. The van der Waals surface area contributed by atoms with Crippen molar-refractivity contribution in [1.29, 1.82) is 0 Å². The molecule has 7 nitrogen and oxygen atoms in total. The van der Waals surface area contributed by atoms with Crippen LogP contribution in [0.3, 0.4) is 0 Å². The number of nitrogens with zero attached hydrogens (tertiary/aromatic N) is 4. The summed E-state index contributed by atoms with van der Waals surface area (Å²) in [5, 5.41) is 0. The number of fused-ring (bicyclic) bond motifs is 1. The van der Waals surface area contributed by atoms with E-state index in [1.807, 2.05) is 57.4 Å². The van der Waals surface area contributed by atoms with Crippen LogP contribution in [0.15, 0.2) is 60.6 Å². The number of ketones is 1. The number of alkyl halides is 2. The van der Waals surface area contributed by atoms with Crippen LogP contribution in [0.2, 0.25) is 0 Å². The fourth-order valence-corrected chi connectivity index (χ4v) is 3.99. The van der Waals surface area contributed by atoms with Crippen molar-refractivity contribution in [2.24, 2.45) is 0 Å². The van der Waals surface area contributed by atoms with Crippen LogP contribution in [0.25, 0.3) is 0 Å². The average molecular weight is 430 g/mol. The second-order valence-corrected chi connectivity index (χ2v) is 7.64. The van der Waals surface area contributed by atoms with Gasteiger partial charge in [0.25, 0.3) is 5.91 Å². The second-order valence-electron chi connectivity index (χ2n) is 7.64. The molecule has 1 aromatic rings. The lowest BCUT2D eigenvalue weighted by molar-refractivity contribution is -0.129. The fraction of sp³-hybridized carbons (Fsp3) is 0.364. The molecule has 0 spiro atoms. The summed E-state index contributed by atoms with van der Waals surface area (Å²) in [6.45, 7) is -0.415. The molecule has 0 N–H and O–H groups in total. The quantitative estimate of drug-likeness (QED) is 0.645. The molecule has 0 aromatic heterocycles. The van der Waals surface area contributed by atoms with Crippen LogP contribution in [0.4, 0.5) is 8.78 Å². The predicted octanol–water partition coefficient (Wildman–Crippen LogP) is 2.11. The number of rotatable bonds is 6. The minimum absolute atomic E-state index is 0.00972. The van der Waals surface area contributed by atoms with Gasteiger partial charge in [0.2, 0.25) is 0 Å². The van der Waals surface area contributed by atoms with Gasteiger partial charge in [-0.2, -0.15) is 8.78 Å². The zero-order chi connectivity index (χ0) is 22.0. The summed E-state index contributed by atoms with van der Waals surface area (Å²) < 4.78 is 28.8. The summed E-state index contributed by atoms with van der Waals surface area (Å²) in [4.78, 5) is 33.4. The van der Waals surface area contributed by atoms with Gasteiger partial charge in [0.05, 0.1) is 12.1 Å². The van der Waals surface area contributed by atoms with Crippen molar-refractivity contribution in [2.45, 2.75) is 12.8 Å². The summed E-state index contributed by atoms with van der Waals surface area (Å²) in [7, 11) is 1.94. The number of hydrogen-bond donors (Lipinski definition) is 0. The lowest BCUT2D eigenvalue weighted by atomic mass is 10.1. The summed E-state index contributed by atoms with van der Waals surface area (Å²) in [5.74, 6) is -0.0690. The third-order valence-electron chi connectivity index (χ3n) is 5.63. The molecule has 1 saturated heterocycles. The van der Waals surface area contributed by atoms with E-state index >= 15 is 0 Å². The third-order valence-corrected chi connectivity index (χ3v) is 5.63. The lowest BCUT2D eigenvalue weighted by Crippen LogP contribution is -2.52. The van der Waals surface area contributed by atoms with Crippen molar-refractivity contribution >= 4 is 11.7 Å². The van der Waals surface area contributed by atoms with E-state index < -0.39 is 6.61 Å². The Labute approximate surface area is 179 Å². The topological polar surface area (TPSA) is 56.3 Å². The maximum Gasteiger partial charge on any atom is 0.387 e. The van der Waals surface area contributed by atoms with Crippen LogP contribution in [-0.4, -0.2) is 83.8 Å². The molecule has 3 aliphatic heterocycles. The Bertz CT molecular complexity index is 921. The molecule has 0 aliphatic carbocycles. The molecular weight excluding hydrogens is 406 g/mol. The number of ether oxygens (including phenoxy) is 1. The van der Waals surface area contributed by atoms with Crippen molar-refractivity contribution in [2.75, 3.05) is 39.8 Å². The van der Waals surface area contributed by atoms with Gasteiger partial charge in [0.15, 0.2) is 5.78 Å². The van der Waals surface area contributed by atoms with E-state index in [0.717, 1.165) is 5.57 Å². The molecule has 1 aromatic carbocycles.